The average Bonchev–Trinajstić information content (AvgIpc) is 2.34. The smallest absolute Gasteiger partial charge is 0.0590 e. The quantitative estimate of drug-likeness (QED) is 0.793. The summed E-state index contributed by atoms with van der Waals surface area (Å²) in [4.78, 5) is 2.59. The summed E-state index contributed by atoms with van der Waals surface area (Å²) in [6.07, 6.45) is 3.88. The second-order valence-electron chi connectivity index (χ2n) is 6.25. The summed E-state index contributed by atoms with van der Waals surface area (Å²) in [5.74, 6) is 1.43. The van der Waals surface area contributed by atoms with Gasteiger partial charge in [0.2, 0.25) is 0 Å². The zero-order valence-electron chi connectivity index (χ0n) is 12.9. The van der Waals surface area contributed by atoms with Gasteiger partial charge in [0, 0.05) is 31.8 Å². The summed E-state index contributed by atoms with van der Waals surface area (Å²) in [5.41, 5.74) is 6.39. The summed E-state index contributed by atoms with van der Waals surface area (Å²) in [7, 11) is 1.78. The fourth-order valence-corrected chi connectivity index (χ4v) is 3.73. The lowest BCUT2D eigenvalue weighted by Crippen LogP contribution is -2.63. The molecule has 18 heavy (non-hydrogen) atoms. The second-order valence-corrected chi connectivity index (χ2v) is 6.25. The second kappa shape index (κ2) is 6.88. The molecular weight excluding hydrogens is 224 g/mol. The van der Waals surface area contributed by atoms with Gasteiger partial charge in [0.25, 0.3) is 0 Å². The van der Waals surface area contributed by atoms with Gasteiger partial charge >= 0.3 is 0 Å². The number of ether oxygens (including phenoxy) is 1. The highest BCUT2D eigenvalue weighted by Crippen LogP contribution is 2.41. The first-order valence-electron chi connectivity index (χ1n) is 7.45. The van der Waals surface area contributed by atoms with E-state index in [1.807, 2.05) is 0 Å². The minimum atomic E-state index is 0.171. The van der Waals surface area contributed by atoms with Crippen molar-refractivity contribution in [2.75, 3.05) is 26.8 Å². The molecule has 2 N–H and O–H groups in total. The Morgan fingerprint density at radius 1 is 1.39 bits per heavy atom. The Hall–Kier alpha value is -0.120. The van der Waals surface area contributed by atoms with Gasteiger partial charge in [0.05, 0.1) is 6.61 Å². The number of hydrogen-bond donors (Lipinski definition) is 1. The van der Waals surface area contributed by atoms with E-state index < -0.39 is 0 Å². The van der Waals surface area contributed by atoms with E-state index in [4.69, 9.17) is 10.5 Å². The molecule has 1 fully saturated rings. The van der Waals surface area contributed by atoms with Crippen LogP contribution in [0.15, 0.2) is 0 Å². The van der Waals surface area contributed by atoms with Crippen molar-refractivity contribution < 1.29 is 4.74 Å². The van der Waals surface area contributed by atoms with Crippen LogP contribution in [0.4, 0.5) is 0 Å². The predicted octanol–water partition coefficient (Wildman–Crippen LogP) is 2.50. The summed E-state index contributed by atoms with van der Waals surface area (Å²) in [6.45, 7) is 11.9. The lowest BCUT2D eigenvalue weighted by molar-refractivity contribution is -0.0409. The van der Waals surface area contributed by atoms with Gasteiger partial charge in [-0.2, -0.15) is 0 Å². The Balaban J connectivity index is 2.93. The van der Waals surface area contributed by atoms with Crippen LogP contribution in [-0.2, 0) is 4.74 Å². The molecular formula is C15H32N2O. The molecule has 3 nitrogen and oxygen atoms in total. The lowest BCUT2D eigenvalue weighted by Gasteiger charge is -2.54. The summed E-state index contributed by atoms with van der Waals surface area (Å²) in [5, 5.41) is 0. The van der Waals surface area contributed by atoms with Crippen LogP contribution in [0, 0.1) is 11.8 Å². The van der Waals surface area contributed by atoms with E-state index in [0.717, 1.165) is 25.6 Å². The van der Waals surface area contributed by atoms with E-state index in [1.165, 1.54) is 19.3 Å². The van der Waals surface area contributed by atoms with E-state index >= 15 is 0 Å². The lowest BCUT2D eigenvalue weighted by atomic mass is 9.67. The normalized spacial score (nSPS) is 33.3. The molecule has 3 heteroatoms. The SMILES string of the molecule is COCCN(C(C)C)C1(CN)CCCC(C)C1C. The summed E-state index contributed by atoms with van der Waals surface area (Å²) in [6, 6.07) is 0.524. The zero-order chi connectivity index (χ0) is 13.8. The first kappa shape index (κ1) is 15.9. The fourth-order valence-electron chi connectivity index (χ4n) is 3.73. The fraction of sp³-hybridized carbons (Fsp3) is 1.00. The molecule has 1 aliphatic rings. The maximum atomic E-state index is 6.22. The maximum Gasteiger partial charge on any atom is 0.0590 e. The molecule has 0 saturated heterocycles. The Kier molecular flexibility index (Phi) is 6.09. The molecule has 0 aliphatic heterocycles. The maximum absolute atomic E-state index is 6.22. The van der Waals surface area contributed by atoms with Crippen LogP contribution in [0.3, 0.4) is 0 Å². The summed E-state index contributed by atoms with van der Waals surface area (Å²) < 4.78 is 5.28. The zero-order valence-corrected chi connectivity index (χ0v) is 12.9. The molecule has 0 aromatic carbocycles. The minimum Gasteiger partial charge on any atom is -0.383 e. The van der Waals surface area contributed by atoms with Crippen LogP contribution in [-0.4, -0.2) is 43.3 Å². The van der Waals surface area contributed by atoms with Crippen molar-refractivity contribution in [1.82, 2.24) is 4.90 Å². The van der Waals surface area contributed by atoms with Crippen molar-refractivity contribution in [1.29, 1.82) is 0 Å². The highest BCUT2D eigenvalue weighted by Gasteiger charge is 2.45. The molecule has 1 saturated carbocycles. The van der Waals surface area contributed by atoms with Crippen molar-refractivity contribution in [2.24, 2.45) is 17.6 Å². The van der Waals surface area contributed by atoms with E-state index in [1.54, 1.807) is 7.11 Å². The van der Waals surface area contributed by atoms with E-state index in [-0.39, 0.29) is 5.54 Å². The van der Waals surface area contributed by atoms with Gasteiger partial charge in [-0.25, -0.2) is 0 Å². The largest absolute Gasteiger partial charge is 0.383 e. The van der Waals surface area contributed by atoms with Gasteiger partial charge in [-0.15, -0.1) is 0 Å². The standard InChI is InChI=1S/C15H32N2O/c1-12(2)17(9-10-18-5)15(11-16)8-6-7-13(3)14(15)4/h12-14H,6-11,16H2,1-5H3. The van der Waals surface area contributed by atoms with Gasteiger partial charge in [0.1, 0.15) is 0 Å². The van der Waals surface area contributed by atoms with Crippen molar-refractivity contribution in [3.8, 4) is 0 Å². The Bertz CT molecular complexity index is 245. The van der Waals surface area contributed by atoms with Crippen molar-refractivity contribution >= 4 is 0 Å². The molecule has 0 aromatic heterocycles. The third-order valence-electron chi connectivity index (χ3n) is 5.06. The first-order valence-corrected chi connectivity index (χ1v) is 7.45. The Morgan fingerprint density at radius 2 is 2.06 bits per heavy atom. The van der Waals surface area contributed by atoms with Gasteiger partial charge in [-0.1, -0.05) is 26.7 Å². The molecule has 0 spiro atoms. The third-order valence-corrected chi connectivity index (χ3v) is 5.06. The van der Waals surface area contributed by atoms with Crippen molar-refractivity contribution in [3.05, 3.63) is 0 Å². The van der Waals surface area contributed by atoms with Crippen LogP contribution >= 0.6 is 0 Å². The number of hydrogen-bond acceptors (Lipinski definition) is 3. The molecule has 0 amide bonds. The van der Waals surface area contributed by atoms with E-state index in [0.29, 0.717) is 12.0 Å². The highest BCUT2D eigenvalue weighted by atomic mass is 16.5. The van der Waals surface area contributed by atoms with Crippen LogP contribution in [0.2, 0.25) is 0 Å². The molecule has 1 aliphatic carbocycles. The van der Waals surface area contributed by atoms with E-state index in [2.05, 4.69) is 32.6 Å². The molecule has 0 aromatic rings. The highest BCUT2D eigenvalue weighted by molar-refractivity contribution is 5.01. The molecule has 3 unspecified atom stereocenters. The number of methoxy groups -OCH3 is 1. The molecule has 0 bridgehead atoms. The topological polar surface area (TPSA) is 38.5 Å². The molecule has 1 rings (SSSR count). The Morgan fingerprint density at radius 3 is 2.56 bits per heavy atom. The number of nitrogens with two attached hydrogens (primary N) is 1. The van der Waals surface area contributed by atoms with Gasteiger partial charge in [-0.05, 0) is 32.1 Å². The first-order chi connectivity index (χ1) is 8.49. The van der Waals surface area contributed by atoms with E-state index in [9.17, 15) is 0 Å². The van der Waals surface area contributed by atoms with Crippen LogP contribution in [0.5, 0.6) is 0 Å². The molecule has 3 atom stereocenters. The average molecular weight is 256 g/mol. The van der Waals surface area contributed by atoms with Crippen molar-refractivity contribution in [2.45, 2.75) is 58.5 Å². The van der Waals surface area contributed by atoms with Gasteiger partial charge in [0.15, 0.2) is 0 Å². The molecule has 0 heterocycles. The van der Waals surface area contributed by atoms with Crippen LogP contribution < -0.4 is 5.73 Å². The van der Waals surface area contributed by atoms with Gasteiger partial charge in [-0.3, -0.25) is 4.90 Å². The van der Waals surface area contributed by atoms with Crippen molar-refractivity contribution in [3.63, 3.8) is 0 Å². The predicted molar refractivity (Wildman–Crippen MR) is 77.7 cm³/mol. The Labute approximate surface area is 113 Å². The van der Waals surface area contributed by atoms with Gasteiger partial charge < -0.3 is 10.5 Å². The third kappa shape index (κ3) is 3.06. The molecule has 108 valence electrons. The number of rotatable bonds is 6. The number of nitrogens with zero attached hydrogens (tertiary/aromatic N) is 1. The minimum absolute atomic E-state index is 0.171. The van der Waals surface area contributed by atoms with Crippen LogP contribution in [0.25, 0.3) is 0 Å². The molecule has 0 radical (unpaired) electrons. The summed E-state index contributed by atoms with van der Waals surface area (Å²) >= 11 is 0. The monoisotopic (exact) mass is 256 g/mol. The van der Waals surface area contributed by atoms with Crippen LogP contribution in [0.1, 0.15) is 47.0 Å².